The SMILES string of the molecule is CC1(C(O)C2CCCc3cccnc32)CCCS1. The summed E-state index contributed by atoms with van der Waals surface area (Å²) in [7, 11) is 0. The lowest BCUT2D eigenvalue weighted by Gasteiger charge is -2.37. The minimum Gasteiger partial charge on any atom is -0.391 e. The first-order chi connectivity index (χ1) is 8.71. The molecule has 0 bridgehead atoms. The molecule has 18 heavy (non-hydrogen) atoms. The number of nitrogens with zero attached hydrogens (tertiary/aromatic N) is 1. The van der Waals surface area contributed by atoms with Crippen LogP contribution in [0.2, 0.25) is 0 Å². The van der Waals surface area contributed by atoms with Gasteiger partial charge in [0.05, 0.1) is 6.10 Å². The molecule has 1 aliphatic heterocycles. The van der Waals surface area contributed by atoms with Crippen molar-refractivity contribution in [2.24, 2.45) is 0 Å². The first-order valence-corrected chi connectivity index (χ1v) is 7.95. The Bertz CT molecular complexity index is 428. The molecule has 1 saturated heterocycles. The fourth-order valence-corrected chi connectivity index (χ4v) is 4.79. The minimum atomic E-state index is -0.251. The average Bonchev–Trinajstić information content (AvgIpc) is 2.85. The highest BCUT2D eigenvalue weighted by Crippen LogP contribution is 2.46. The molecule has 0 spiro atoms. The van der Waals surface area contributed by atoms with E-state index in [0.717, 1.165) is 25.0 Å². The largest absolute Gasteiger partial charge is 0.391 e. The van der Waals surface area contributed by atoms with E-state index in [9.17, 15) is 5.11 Å². The number of aromatic nitrogens is 1. The van der Waals surface area contributed by atoms with E-state index in [4.69, 9.17) is 0 Å². The number of pyridine rings is 1. The molecule has 98 valence electrons. The summed E-state index contributed by atoms with van der Waals surface area (Å²) in [5, 5.41) is 10.8. The quantitative estimate of drug-likeness (QED) is 0.890. The van der Waals surface area contributed by atoms with Crippen LogP contribution in [-0.4, -0.2) is 26.7 Å². The molecule has 1 aromatic rings. The standard InChI is InChI=1S/C15H21NOS/c1-15(8-4-10-18-15)14(17)12-7-2-5-11-6-3-9-16-13(11)12/h3,6,9,12,14,17H,2,4-5,7-8,10H2,1H3. The zero-order chi connectivity index (χ0) is 12.6. The average molecular weight is 263 g/mol. The van der Waals surface area contributed by atoms with Gasteiger partial charge in [0.1, 0.15) is 0 Å². The maximum atomic E-state index is 10.8. The molecule has 0 aromatic carbocycles. The molecular formula is C15H21NOS. The fraction of sp³-hybridized carbons (Fsp3) is 0.667. The van der Waals surface area contributed by atoms with Crippen LogP contribution in [0.25, 0.3) is 0 Å². The summed E-state index contributed by atoms with van der Waals surface area (Å²) in [6.45, 7) is 2.23. The van der Waals surface area contributed by atoms with Gasteiger partial charge in [-0.05, 0) is 56.4 Å². The zero-order valence-electron chi connectivity index (χ0n) is 10.9. The van der Waals surface area contributed by atoms with Crippen LogP contribution in [-0.2, 0) is 6.42 Å². The van der Waals surface area contributed by atoms with E-state index in [-0.39, 0.29) is 16.8 Å². The van der Waals surface area contributed by atoms with Crippen molar-refractivity contribution in [3.63, 3.8) is 0 Å². The second-order valence-corrected chi connectivity index (χ2v) is 7.39. The number of rotatable bonds is 2. The molecule has 1 aliphatic carbocycles. The van der Waals surface area contributed by atoms with Crippen molar-refractivity contribution in [1.29, 1.82) is 0 Å². The number of aryl methyl sites for hydroxylation is 1. The molecule has 1 aromatic heterocycles. The van der Waals surface area contributed by atoms with Gasteiger partial charge in [-0.3, -0.25) is 4.98 Å². The van der Waals surface area contributed by atoms with Crippen molar-refractivity contribution in [2.45, 2.75) is 55.8 Å². The maximum absolute atomic E-state index is 10.8. The Morgan fingerprint density at radius 1 is 1.50 bits per heavy atom. The van der Waals surface area contributed by atoms with Crippen molar-refractivity contribution < 1.29 is 5.11 Å². The Hall–Kier alpha value is -0.540. The van der Waals surface area contributed by atoms with Crippen LogP contribution in [0.4, 0.5) is 0 Å². The lowest BCUT2D eigenvalue weighted by molar-refractivity contribution is 0.0954. The summed E-state index contributed by atoms with van der Waals surface area (Å²) in [5.74, 6) is 1.43. The minimum absolute atomic E-state index is 0.0385. The third kappa shape index (κ3) is 2.08. The number of fused-ring (bicyclic) bond motifs is 1. The number of thioether (sulfide) groups is 1. The van der Waals surface area contributed by atoms with Crippen LogP contribution in [0.1, 0.15) is 49.8 Å². The van der Waals surface area contributed by atoms with E-state index in [0.29, 0.717) is 0 Å². The summed E-state index contributed by atoms with van der Waals surface area (Å²) in [6, 6.07) is 4.19. The van der Waals surface area contributed by atoms with Crippen LogP contribution in [0.5, 0.6) is 0 Å². The van der Waals surface area contributed by atoms with Gasteiger partial charge in [0, 0.05) is 22.6 Å². The van der Waals surface area contributed by atoms with E-state index in [1.54, 1.807) is 0 Å². The van der Waals surface area contributed by atoms with Crippen LogP contribution in [0.3, 0.4) is 0 Å². The first-order valence-electron chi connectivity index (χ1n) is 6.96. The van der Waals surface area contributed by atoms with Crippen molar-refractivity contribution in [3.8, 4) is 0 Å². The van der Waals surface area contributed by atoms with Crippen molar-refractivity contribution in [2.75, 3.05) is 5.75 Å². The van der Waals surface area contributed by atoms with Crippen LogP contribution in [0.15, 0.2) is 18.3 Å². The van der Waals surface area contributed by atoms with E-state index >= 15 is 0 Å². The van der Waals surface area contributed by atoms with Gasteiger partial charge in [-0.2, -0.15) is 11.8 Å². The first kappa shape index (κ1) is 12.5. The number of aliphatic hydroxyl groups is 1. The van der Waals surface area contributed by atoms with Gasteiger partial charge in [-0.15, -0.1) is 0 Å². The van der Waals surface area contributed by atoms with Crippen LogP contribution < -0.4 is 0 Å². The highest BCUT2D eigenvalue weighted by molar-refractivity contribution is 8.00. The Morgan fingerprint density at radius 2 is 2.39 bits per heavy atom. The molecule has 1 fully saturated rings. The summed E-state index contributed by atoms with van der Waals surface area (Å²) in [6.07, 6.45) is 7.38. The summed E-state index contributed by atoms with van der Waals surface area (Å²) in [5.41, 5.74) is 2.50. The topological polar surface area (TPSA) is 33.1 Å². The lowest BCUT2D eigenvalue weighted by atomic mass is 9.78. The molecule has 3 heteroatoms. The molecule has 3 atom stereocenters. The van der Waals surface area contributed by atoms with Gasteiger partial charge in [0.15, 0.2) is 0 Å². The highest BCUT2D eigenvalue weighted by atomic mass is 32.2. The molecular weight excluding hydrogens is 242 g/mol. The number of aliphatic hydroxyl groups excluding tert-OH is 1. The molecule has 2 aliphatic rings. The second kappa shape index (κ2) is 4.86. The number of hydrogen-bond donors (Lipinski definition) is 1. The van der Waals surface area contributed by atoms with E-state index in [2.05, 4.69) is 18.0 Å². The molecule has 0 saturated carbocycles. The lowest BCUT2D eigenvalue weighted by Crippen LogP contribution is -2.40. The monoisotopic (exact) mass is 263 g/mol. The van der Waals surface area contributed by atoms with Gasteiger partial charge in [0.25, 0.3) is 0 Å². The normalized spacial score (nSPS) is 33.1. The summed E-state index contributed by atoms with van der Waals surface area (Å²) < 4.78 is 0.0385. The van der Waals surface area contributed by atoms with Crippen molar-refractivity contribution >= 4 is 11.8 Å². The summed E-state index contributed by atoms with van der Waals surface area (Å²) in [4.78, 5) is 4.56. The molecule has 0 amide bonds. The predicted octanol–water partition coefficient (Wildman–Crippen LogP) is 3.15. The van der Waals surface area contributed by atoms with E-state index in [1.165, 1.54) is 24.2 Å². The molecule has 3 unspecified atom stereocenters. The molecule has 1 N–H and O–H groups in total. The molecule has 3 rings (SSSR count). The zero-order valence-corrected chi connectivity index (χ0v) is 11.7. The van der Waals surface area contributed by atoms with Gasteiger partial charge in [-0.1, -0.05) is 6.07 Å². The predicted molar refractivity (Wildman–Crippen MR) is 76.0 cm³/mol. The maximum Gasteiger partial charge on any atom is 0.0767 e. The molecule has 2 heterocycles. The van der Waals surface area contributed by atoms with Gasteiger partial charge in [-0.25, -0.2) is 0 Å². The third-order valence-corrected chi connectivity index (χ3v) is 6.09. The molecule has 0 radical (unpaired) electrons. The van der Waals surface area contributed by atoms with Gasteiger partial charge >= 0.3 is 0 Å². The second-order valence-electron chi connectivity index (χ2n) is 5.76. The van der Waals surface area contributed by atoms with Crippen molar-refractivity contribution in [1.82, 2.24) is 4.98 Å². The van der Waals surface area contributed by atoms with E-state index in [1.807, 2.05) is 24.0 Å². The van der Waals surface area contributed by atoms with E-state index < -0.39 is 0 Å². The van der Waals surface area contributed by atoms with Gasteiger partial charge < -0.3 is 5.11 Å². The highest BCUT2D eigenvalue weighted by Gasteiger charge is 2.42. The Balaban J connectivity index is 1.89. The Labute approximate surface area is 113 Å². The van der Waals surface area contributed by atoms with Crippen LogP contribution >= 0.6 is 11.8 Å². The summed E-state index contributed by atoms with van der Waals surface area (Å²) >= 11 is 1.94. The van der Waals surface area contributed by atoms with Crippen LogP contribution in [0, 0.1) is 0 Å². The Kier molecular flexibility index (Phi) is 3.37. The Morgan fingerprint density at radius 3 is 3.17 bits per heavy atom. The van der Waals surface area contributed by atoms with Crippen molar-refractivity contribution in [3.05, 3.63) is 29.6 Å². The fourth-order valence-electron chi connectivity index (χ4n) is 3.41. The molecule has 2 nitrogen and oxygen atoms in total. The third-order valence-electron chi connectivity index (χ3n) is 4.49. The smallest absolute Gasteiger partial charge is 0.0767 e. The van der Waals surface area contributed by atoms with Gasteiger partial charge in [0.2, 0.25) is 0 Å². The number of hydrogen-bond acceptors (Lipinski definition) is 3.